The van der Waals surface area contributed by atoms with Gasteiger partial charge in [-0.3, -0.25) is 9.47 Å². The van der Waals surface area contributed by atoms with Gasteiger partial charge < -0.3 is 9.64 Å². The van der Waals surface area contributed by atoms with Crippen LogP contribution in [0.4, 0.5) is 5.69 Å². The first-order valence-corrected chi connectivity index (χ1v) is 12.6. The van der Waals surface area contributed by atoms with Gasteiger partial charge in [0.2, 0.25) is 0 Å². The lowest BCUT2D eigenvalue weighted by Gasteiger charge is -2.36. The molecule has 3 aromatic rings. The maximum absolute atomic E-state index is 12.9. The van der Waals surface area contributed by atoms with Gasteiger partial charge in [0.05, 0.1) is 6.61 Å². The first-order chi connectivity index (χ1) is 16.7. The summed E-state index contributed by atoms with van der Waals surface area (Å²) in [6.07, 6.45) is 3.52. The smallest absolute Gasteiger partial charge is 0.345 e. The Bertz CT molecular complexity index is 1040. The number of aryl methyl sites for hydroxylation is 2. The summed E-state index contributed by atoms with van der Waals surface area (Å²) in [6.45, 7) is 9.31. The zero-order valence-corrected chi connectivity index (χ0v) is 20.3. The predicted octanol–water partition coefficient (Wildman–Crippen LogP) is 3.68. The number of nitrogens with zero attached hydrogens (tertiary/aromatic N) is 5. The third-order valence-corrected chi connectivity index (χ3v) is 6.44. The van der Waals surface area contributed by atoms with Crippen molar-refractivity contribution in [2.45, 2.75) is 45.7 Å². The maximum Gasteiger partial charge on any atom is 0.345 e. The summed E-state index contributed by atoms with van der Waals surface area (Å²) in [7, 11) is 0. The quantitative estimate of drug-likeness (QED) is 0.384. The van der Waals surface area contributed by atoms with Gasteiger partial charge in [0.1, 0.15) is 11.6 Å². The lowest BCUT2D eigenvalue weighted by Crippen LogP contribution is -2.46. The number of anilines is 1. The van der Waals surface area contributed by atoms with Crippen LogP contribution >= 0.6 is 0 Å². The summed E-state index contributed by atoms with van der Waals surface area (Å²) < 4.78 is 9.28. The van der Waals surface area contributed by atoms with Crippen LogP contribution < -0.4 is 15.3 Å². The summed E-state index contributed by atoms with van der Waals surface area (Å²) in [5.41, 5.74) is 1.33. The molecule has 1 saturated heterocycles. The van der Waals surface area contributed by atoms with Crippen LogP contribution in [0.5, 0.6) is 5.75 Å². The number of benzene rings is 2. The van der Waals surface area contributed by atoms with Gasteiger partial charge in [-0.2, -0.15) is 5.10 Å². The molecular weight excluding hydrogens is 426 g/mol. The molecule has 7 heteroatoms. The minimum absolute atomic E-state index is 0.0229. The standard InChI is InChI=1S/C27H37N5O2/c1-2-26-28-32(27(33)31(26)17-9-10-23-34-25-14-7-4-8-15-25)18-11-16-29-19-21-30(22-20-29)24-12-5-3-6-13-24/h3-8,12-15H,2,9-11,16-23H2,1H3. The van der Waals surface area contributed by atoms with Crippen molar-refractivity contribution < 1.29 is 4.74 Å². The second-order valence-corrected chi connectivity index (χ2v) is 8.81. The molecule has 34 heavy (non-hydrogen) atoms. The summed E-state index contributed by atoms with van der Waals surface area (Å²) in [5.74, 6) is 1.77. The van der Waals surface area contributed by atoms with Crippen LogP contribution in [-0.2, 0) is 19.5 Å². The molecule has 0 amide bonds. The third kappa shape index (κ3) is 6.50. The number of para-hydroxylation sites is 2. The van der Waals surface area contributed by atoms with E-state index in [4.69, 9.17) is 4.74 Å². The van der Waals surface area contributed by atoms with Crippen molar-refractivity contribution in [1.82, 2.24) is 19.2 Å². The van der Waals surface area contributed by atoms with Gasteiger partial charge in [-0.1, -0.05) is 43.3 Å². The number of piperazine rings is 1. The highest BCUT2D eigenvalue weighted by Gasteiger charge is 2.17. The monoisotopic (exact) mass is 463 g/mol. The summed E-state index contributed by atoms with van der Waals surface area (Å²) in [5, 5.41) is 4.62. The fourth-order valence-electron chi connectivity index (χ4n) is 4.51. The zero-order valence-electron chi connectivity index (χ0n) is 20.3. The largest absolute Gasteiger partial charge is 0.494 e. The molecule has 1 aromatic heterocycles. The first kappa shape index (κ1) is 24.1. The Morgan fingerprint density at radius 1 is 0.824 bits per heavy atom. The molecule has 0 aliphatic carbocycles. The lowest BCUT2D eigenvalue weighted by molar-refractivity contribution is 0.248. The fourth-order valence-corrected chi connectivity index (χ4v) is 4.51. The normalized spacial score (nSPS) is 14.4. The molecule has 1 aliphatic rings. The van der Waals surface area contributed by atoms with Crippen molar-refractivity contribution in [1.29, 1.82) is 0 Å². The van der Waals surface area contributed by atoms with Crippen molar-refractivity contribution in [3.05, 3.63) is 77.0 Å². The Hall–Kier alpha value is -3.06. The van der Waals surface area contributed by atoms with E-state index < -0.39 is 0 Å². The molecule has 182 valence electrons. The average Bonchev–Trinajstić information content (AvgIpc) is 3.20. The molecule has 1 fully saturated rings. The van der Waals surface area contributed by atoms with E-state index in [2.05, 4.69) is 52.2 Å². The topological polar surface area (TPSA) is 55.5 Å². The van der Waals surface area contributed by atoms with Crippen LogP contribution in [0.2, 0.25) is 0 Å². The van der Waals surface area contributed by atoms with E-state index >= 15 is 0 Å². The maximum atomic E-state index is 12.9. The Kier molecular flexibility index (Phi) is 8.79. The fraction of sp³-hybridized carbons (Fsp3) is 0.481. The van der Waals surface area contributed by atoms with E-state index in [-0.39, 0.29) is 5.69 Å². The van der Waals surface area contributed by atoms with Gasteiger partial charge in [-0.05, 0) is 43.5 Å². The minimum atomic E-state index is 0.0229. The summed E-state index contributed by atoms with van der Waals surface area (Å²) in [6, 6.07) is 20.5. The minimum Gasteiger partial charge on any atom is -0.494 e. The number of rotatable bonds is 12. The van der Waals surface area contributed by atoms with Crippen LogP contribution in [0.1, 0.15) is 32.0 Å². The Morgan fingerprint density at radius 3 is 2.24 bits per heavy atom. The number of hydrogen-bond acceptors (Lipinski definition) is 5. The highest BCUT2D eigenvalue weighted by atomic mass is 16.5. The van der Waals surface area contributed by atoms with E-state index in [0.29, 0.717) is 19.7 Å². The lowest BCUT2D eigenvalue weighted by atomic mass is 10.2. The van der Waals surface area contributed by atoms with Gasteiger partial charge in [-0.15, -0.1) is 0 Å². The van der Waals surface area contributed by atoms with Crippen molar-refractivity contribution in [3.8, 4) is 5.75 Å². The number of unbranched alkanes of at least 4 members (excludes halogenated alkanes) is 1. The zero-order chi connectivity index (χ0) is 23.6. The van der Waals surface area contributed by atoms with Gasteiger partial charge in [-0.25, -0.2) is 9.48 Å². The summed E-state index contributed by atoms with van der Waals surface area (Å²) >= 11 is 0. The van der Waals surface area contributed by atoms with Crippen molar-refractivity contribution >= 4 is 5.69 Å². The SMILES string of the molecule is CCc1nn(CCCN2CCN(c3ccccc3)CC2)c(=O)n1CCCCOc1ccccc1. The van der Waals surface area contributed by atoms with Gasteiger partial charge >= 0.3 is 5.69 Å². The number of hydrogen-bond donors (Lipinski definition) is 0. The van der Waals surface area contributed by atoms with Crippen LogP contribution in [0.3, 0.4) is 0 Å². The van der Waals surface area contributed by atoms with E-state index in [1.165, 1.54) is 5.69 Å². The highest BCUT2D eigenvalue weighted by molar-refractivity contribution is 5.46. The van der Waals surface area contributed by atoms with Gasteiger partial charge in [0, 0.05) is 57.9 Å². The van der Waals surface area contributed by atoms with Crippen LogP contribution in [0.15, 0.2) is 65.5 Å². The molecule has 0 saturated carbocycles. The molecule has 0 bridgehead atoms. The van der Waals surface area contributed by atoms with Crippen LogP contribution in [-0.4, -0.2) is 58.6 Å². The molecule has 2 aromatic carbocycles. The predicted molar refractivity (Wildman–Crippen MR) is 137 cm³/mol. The van der Waals surface area contributed by atoms with Gasteiger partial charge in [0.15, 0.2) is 0 Å². The van der Waals surface area contributed by atoms with E-state index in [1.807, 2.05) is 34.9 Å². The molecule has 0 spiro atoms. The van der Waals surface area contributed by atoms with Gasteiger partial charge in [0.25, 0.3) is 0 Å². The number of ether oxygens (including phenoxy) is 1. The van der Waals surface area contributed by atoms with Crippen LogP contribution in [0.25, 0.3) is 0 Å². The molecule has 0 unspecified atom stereocenters. The Labute approximate surface area is 202 Å². The molecule has 1 aliphatic heterocycles. The number of aromatic nitrogens is 3. The third-order valence-electron chi connectivity index (χ3n) is 6.44. The van der Waals surface area contributed by atoms with Crippen molar-refractivity contribution in [2.24, 2.45) is 0 Å². The molecule has 0 radical (unpaired) electrons. The molecule has 7 nitrogen and oxygen atoms in total. The second kappa shape index (κ2) is 12.4. The van der Waals surface area contributed by atoms with E-state index in [1.54, 1.807) is 4.68 Å². The average molecular weight is 464 g/mol. The molecule has 2 heterocycles. The molecular formula is C27H37N5O2. The molecule has 4 rings (SSSR count). The Morgan fingerprint density at radius 2 is 1.53 bits per heavy atom. The molecule has 0 N–H and O–H groups in total. The summed E-state index contributed by atoms with van der Waals surface area (Å²) in [4.78, 5) is 17.9. The Balaban J connectivity index is 1.19. The van der Waals surface area contributed by atoms with E-state index in [0.717, 1.165) is 70.0 Å². The van der Waals surface area contributed by atoms with Crippen LogP contribution in [0, 0.1) is 0 Å². The highest BCUT2D eigenvalue weighted by Crippen LogP contribution is 2.15. The van der Waals surface area contributed by atoms with Crippen molar-refractivity contribution in [3.63, 3.8) is 0 Å². The molecule has 0 atom stereocenters. The second-order valence-electron chi connectivity index (χ2n) is 8.81. The first-order valence-electron chi connectivity index (χ1n) is 12.6. The van der Waals surface area contributed by atoms with E-state index in [9.17, 15) is 4.79 Å². The van der Waals surface area contributed by atoms with Crippen molar-refractivity contribution in [2.75, 3.05) is 44.2 Å².